The zero-order valence-corrected chi connectivity index (χ0v) is 17.8. The maximum absolute atomic E-state index is 12.5. The second-order valence-corrected chi connectivity index (χ2v) is 8.36. The Morgan fingerprint density at radius 1 is 1.16 bits per heavy atom. The summed E-state index contributed by atoms with van der Waals surface area (Å²) in [4.78, 5) is 16.6. The minimum atomic E-state index is -0.0909. The number of rotatable bonds is 8. The number of amides is 1. The molecule has 1 fully saturated rings. The van der Waals surface area contributed by atoms with Gasteiger partial charge in [-0.1, -0.05) is 49.5 Å². The molecule has 0 saturated heterocycles. The average Bonchev–Trinajstić information content (AvgIpc) is 3.27. The van der Waals surface area contributed by atoms with E-state index >= 15 is 0 Å². The number of aromatic nitrogens is 4. The van der Waals surface area contributed by atoms with Gasteiger partial charge in [0.25, 0.3) is 0 Å². The molecule has 3 N–H and O–H groups in total. The molecular formula is C24H30N6O. The smallest absolute Gasteiger partial charge is 0.224 e. The first-order chi connectivity index (χ1) is 15.2. The zero-order valence-electron chi connectivity index (χ0n) is 17.8. The van der Waals surface area contributed by atoms with E-state index in [9.17, 15) is 4.79 Å². The van der Waals surface area contributed by atoms with Crippen LogP contribution in [0, 0.1) is 5.92 Å². The second kappa shape index (κ2) is 10.2. The van der Waals surface area contributed by atoms with E-state index in [-0.39, 0.29) is 5.91 Å². The van der Waals surface area contributed by atoms with Gasteiger partial charge in [0.1, 0.15) is 0 Å². The summed E-state index contributed by atoms with van der Waals surface area (Å²) in [5.41, 5.74) is 9.99. The molecule has 0 radical (unpaired) electrons. The largest absolute Gasteiger partial charge is 0.397 e. The fraction of sp³-hybridized carbons (Fsp3) is 0.417. The number of nitrogens with two attached hydrogens (primary N) is 1. The monoisotopic (exact) mass is 418 g/mol. The summed E-state index contributed by atoms with van der Waals surface area (Å²) in [6.07, 6.45) is 14.3. The van der Waals surface area contributed by atoms with Crippen molar-refractivity contribution < 1.29 is 4.79 Å². The van der Waals surface area contributed by atoms with Gasteiger partial charge in [0, 0.05) is 43.5 Å². The molecule has 0 bridgehead atoms. The van der Waals surface area contributed by atoms with Gasteiger partial charge in [0.2, 0.25) is 5.91 Å². The molecule has 2 heterocycles. The molecule has 7 heteroatoms. The molecule has 2 aromatic heterocycles. The third-order valence-electron chi connectivity index (χ3n) is 6.01. The van der Waals surface area contributed by atoms with E-state index in [4.69, 9.17) is 5.73 Å². The quantitative estimate of drug-likeness (QED) is 0.526. The van der Waals surface area contributed by atoms with Crippen molar-refractivity contribution in [2.24, 2.45) is 5.92 Å². The number of carbonyl (C=O) groups excluding carboxylic acids is 1. The van der Waals surface area contributed by atoms with Gasteiger partial charge in [-0.3, -0.25) is 14.5 Å². The molecule has 0 aliphatic heterocycles. The van der Waals surface area contributed by atoms with Crippen LogP contribution in [-0.2, 0) is 17.8 Å². The highest BCUT2D eigenvalue weighted by Crippen LogP contribution is 2.27. The summed E-state index contributed by atoms with van der Waals surface area (Å²) in [7, 11) is 0. The summed E-state index contributed by atoms with van der Waals surface area (Å²) in [5.74, 6) is 0.729. The van der Waals surface area contributed by atoms with E-state index in [2.05, 4.69) is 20.6 Å². The van der Waals surface area contributed by atoms with Gasteiger partial charge in [0.05, 0.1) is 17.1 Å². The Labute approximate surface area is 183 Å². The molecule has 31 heavy (non-hydrogen) atoms. The van der Waals surface area contributed by atoms with E-state index in [0.717, 1.165) is 35.7 Å². The highest BCUT2D eigenvalue weighted by molar-refractivity contribution is 5.95. The molecule has 162 valence electrons. The predicted octanol–water partition coefficient (Wildman–Crippen LogP) is 4.46. The first-order valence-corrected chi connectivity index (χ1v) is 11.2. The van der Waals surface area contributed by atoms with Crippen LogP contribution in [-0.4, -0.2) is 25.9 Å². The third kappa shape index (κ3) is 5.90. The summed E-state index contributed by atoms with van der Waals surface area (Å²) < 4.78 is 1.91. The standard InChI is InChI=1S/C24H30N6O/c25-22-10-8-19(20-7-4-13-26-16-20)15-23(22)27-24(31)11-9-21-17-30(29-28-21)14-12-18-5-2-1-3-6-18/h4,7-8,10,13,15-18H,1-3,5-6,9,11-12,14,25H2,(H,27,31). The van der Waals surface area contributed by atoms with Gasteiger partial charge >= 0.3 is 0 Å². The van der Waals surface area contributed by atoms with E-state index in [0.29, 0.717) is 24.2 Å². The summed E-state index contributed by atoms with van der Waals surface area (Å²) in [6.45, 7) is 0.904. The van der Waals surface area contributed by atoms with Crippen molar-refractivity contribution >= 4 is 17.3 Å². The van der Waals surface area contributed by atoms with E-state index in [1.165, 1.54) is 32.1 Å². The zero-order chi connectivity index (χ0) is 21.5. The second-order valence-electron chi connectivity index (χ2n) is 8.36. The highest BCUT2D eigenvalue weighted by Gasteiger charge is 2.14. The molecule has 1 aliphatic rings. The Morgan fingerprint density at radius 2 is 2.03 bits per heavy atom. The summed E-state index contributed by atoms with van der Waals surface area (Å²) in [5, 5.41) is 11.4. The fourth-order valence-electron chi connectivity index (χ4n) is 4.18. The van der Waals surface area contributed by atoms with Crippen LogP contribution in [0.5, 0.6) is 0 Å². The molecule has 0 atom stereocenters. The normalized spacial score (nSPS) is 14.5. The maximum atomic E-state index is 12.5. The molecule has 1 aromatic carbocycles. The molecule has 1 saturated carbocycles. The van der Waals surface area contributed by atoms with Crippen LogP contribution in [0.1, 0.15) is 50.6 Å². The van der Waals surface area contributed by atoms with Crippen LogP contribution in [0.15, 0.2) is 48.9 Å². The van der Waals surface area contributed by atoms with Crippen molar-refractivity contribution in [2.75, 3.05) is 11.1 Å². The van der Waals surface area contributed by atoms with Crippen LogP contribution >= 0.6 is 0 Å². The minimum Gasteiger partial charge on any atom is -0.397 e. The van der Waals surface area contributed by atoms with Gasteiger partial charge in [-0.2, -0.15) is 0 Å². The first-order valence-electron chi connectivity index (χ1n) is 11.2. The Hall–Kier alpha value is -3.22. The van der Waals surface area contributed by atoms with Crippen molar-refractivity contribution in [1.29, 1.82) is 0 Å². The highest BCUT2D eigenvalue weighted by atomic mass is 16.1. The van der Waals surface area contributed by atoms with Gasteiger partial charge in [-0.15, -0.1) is 5.10 Å². The Kier molecular flexibility index (Phi) is 6.92. The molecule has 1 aliphatic carbocycles. The lowest BCUT2D eigenvalue weighted by Crippen LogP contribution is -2.13. The summed E-state index contributed by atoms with van der Waals surface area (Å²) in [6, 6.07) is 9.46. The van der Waals surface area contributed by atoms with Crippen LogP contribution in [0.3, 0.4) is 0 Å². The van der Waals surface area contributed by atoms with Crippen molar-refractivity contribution in [2.45, 2.75) is 57.9 Å². The van der Waals surface area contributed by atoms with E-state index in [1.807, 2.05) is 35.1 Å². The topological polar surface area (TPSA) is 98.7 Å². The fourth-order valence-corrected chi connectivity index (χ4v) is 4.18. The molecule has 7 nitrogen and oxygen atoms in total. The van der Waals surface area contributed by atoms with E-state index < -0.39 is 0 Å². The van der Waals surface area contributed by atoms with Crippen LogP contribution in [0.2, 0.25) is 0 Å². The molecular weight excluding hydrogens is 388 g/mol. The molecule has 0 spiro atoms. The Morgan fingerprint density at radius 3 is 2.84 bits per heavy atom. The SMILES string of the molecule is Nc1ccc(-c2cccnc2)cc1NC(=O)CCc1cn(CCC2CCCCC2)nn1. The minimum absolute atomic E-state index is 0.0909. The number of benzene rings is 1. The van der Waals surface area contributed by atoms with E-state index in [1.54, 1.807) is 18.5 Å². The number of nitrogens with one attached hydrogen (secondary N) is 1. The number of nitrogen functional groups attached to an aromatic ring is 1. The number of hydrogen-bond donors (Lipinski definition) is 2. The van der Waals surface area contributed by atoms with Gasteiger partial charge < -0.3 is 11.1 Å². The lowest BCUT2D eigenvalue weighted by molar-refractivity contribution is -0.116. The molecule has 0 unspecified atom stereocenters. The van der Waals surface area contributed by atoms with Crippen molar-refractivity contribution in [3.05, 3.63) is 54.6 Å². The van der Waals surface area contributed by atoms with Gasteiger partial charge in [0.15, 0.2) is 0 Å². The number of hydrogen-bond acceptors (Lipinski definition) is 5. The molecule has 1 amide bonds. The van der Waals surface area contributed by atoms with Crippen molar-refractivity contribution in [3.8, 4) is 11.1 Å². The average molecular weight is 419 g/mol. The van der Waals surface area contributed by atoms with Crippen molar-refractivity contribution in [3.63, 3.8) is 0 Å². The van der Waals surface area contributed by atoms with Gasteiger partial charge in [-0.05, 0) is 36.1 Å². The maximum Gasteiger partial charge on any atom is 0.224 e. The number of aryl methyl sites for hydroxylation is 2. The predicted molar refractivity (Wildman–Crippen MR) is 122 cm³/mol. The number of anilines is 2. The van der Waals surface area contributed by atoms with Crippen LogP contribution in [0.4, 0.5) is 11.4 Å². The molecule has 4 rings (SSSR count). The Bertz CT molecular complexity index is 994. The molecule has 3 aromatic rings. The lowest BCUT2D eigenvalue weighted by Gasteiger charge is -2.20. The number of carbonyl (C=O) groups is 1. The van der Waals surface area contributed by atoms with Crippen LogP contribution in [0.25, 0.3) is 11.1 Å². The summed E-state index contributed by atoms with van der Waals surface area (Å²) >= 11 is 0. The van der Waals surface area contributed by atoms with Crippen LogP contribution < -0.4 is 11.1 Å². The number of pyridine rings is 1. The Balaban J connectivity index is 1.28. The van der Waals surface area contributed by atoms with Crippen molar-refractivity contribution in [1.82, 2.24) is 20.0 Å². The number of nitrogens with zero attached hydrogens (tertiary/aromatic N) is 4. The third-order valence-corrected chi connectivity index (χ3v) is 6.01. The van der Waals surface area contributed by atoms with Gasteiger partial charge in [-0.25, -0.2) is 0 Å². The lowest BCUT2D eigenvalue weighted by atomic mass is 9.87. The first kappa shape index (κ1) is 21.0.